The Balaban J connectivity index is 1.50. The number of rotatable bonds is 6. The van der Waals surface area contributed by atoms with Crippen LogP contribution in [0.3, 0.4) is 0 Å². The van der Waals surface area contributed by atoms with Gasteiger partial charge in [-0.25, -0.2) is 15.0 Å². The summed E-state index contributed by atoms with van der Waals surface area (Å²) in [5.74, 6) is 1.94. The molecule has 2 aromatic heterocycles. The number of halogens is 1. The van der Waals surface area contributed by atoms with Crippen molar-refractivity contribution in [3.05, 3.63) is 65.4 Å². The molecule has 1 saturated carbocycles. The minimum Gasteiger partial charge on any atom is -0.489 e. The molecule has 150 valence electrons. The van der Waals surface area contributed by atoms with Crippen molar-refractivity contribution in [3.63, 3.8) is 0 Å². The Morgan fingerprint density at radius 3 is 2.83 bits per heavy atom. The molecule has 7 heteroatoms. The number of aryl methyl sites for hydroxylation is 2. The quantitative estimate of drug-likeness (QED) is 0.768. The van der Waals surface area contributed by atoms with Crippen molar-refractivity contribution in [2.45, 2.75) is 26.7 Å². The fraction of sp³-hybridized carbons (Fsp3) is 0.364. The standard InChI is InChI=1S/C22H23ClN4O2/c1-14-19(12-24-15(2)26-14)29-13-22(16-6-4-3-5-7-16)10-18(22)21(28)27-20-9-8-17(23)11-25-20/h3-6,8-9,11-12,16,18H,7,10,13H2,1-2H3,(H,25,27,28)/t16?,18-,22+/m0/s1. The van der Waals surface area contributed by atoms with Crippen LogP contribution in [0.4, 0.5) is 5.82 Å². The molecule has 4 rings (SSSR count). The highest BCUT2D eigenvalue weighted by Crippen LogP contribution is 2.60. The fourth-order valence-electron chi connectivity index (χ4n) is 3.95. The first kappa shape index (κ1) is 19.6. The number of aromatic nitrogens is 3. The van der Waals surface area contributed by atoms with Crippen molar-refractivity contribution in [2.24, 2.45) is 17.3 Å². The third kappa shape index (κ3) is 4.17. The molecule has 6 nitrogen and oxygen atoms in total. The molecule has 2 aromatic rings. The monoisotopic (exact) mass is 410 g/mol. The van der Waals surface area contributed by atoms with Crippen molar-refractivity contribution < 1.29 is 9.53 Å². The number of hydrogen-bond acceptors (Lipinski definition) is 5. The Bertz CT molecular complexity index is 973. The summed E-state index contributed by atoms with van der Waals surface area (Å²) in [6.07, 6.45) is 13.3. The van der Waals surface area contributed by atoms with Crippen LogP contribution < -0.4 is 10.1 Å². The summed E-state index contributed by atoms with van der Waals surface area (Å²) in [5, 5.41) is 3.45. The maximum atomic E-state index is 12.9. The first-order chi connectivity index (χ1) is 14.0. The number of carbonyl (C=O) groups excluding carboxylic acids is 1. The average Bonchev–Trinajstić information content (AvgIpc) is 3.46. The zero-order valence-electron chi connectivity index (χ0n) is 16.4. The second-order valence-corrected chi connectivity index (χ2v) is 8.09. The van der Waals surface area contributed by atoms with Gasteiger partial charge in [-0.05, 0) is 44.7 Å². The maximum absolute atomic E-state index is 12.9. The fourth-order valence-corrected chi connectivity index (χ4v) is 4.06. The predicted molar refractivity (Wildman–Crippen MR) is 112 cm³/mol. The maximum Gasteiger partial charge on any atom is 0.229 e. The summed E-state index contributed by atoms with van der Waals surface area (Å²) in [4.78, 5) is 25.7. The summed E-state index contributed by atoms with van der Waals surface area (Å²) in [5.41, 5.74) is 0.550. The first-order valence-corrected chi connectivity index (χ1v) is 10.0. The molecular weight excluding hydrogens is 388 g/mol. The first-order valence-electron chi connectivity index (χ1n) is 9.67. The van der Waals surface area contributed by atoms with Crippen LogP contribution in [0.1, 0.15) is 24.4 Å². The third-order valence-electron chi connectivity index (χ3n) is 5.68. The van der Waals surface area contributed by atoms with Gasteiger partial charge in [-0.2, -0.15) is 0 Å². The van der Waals surface area contributed by atoms with Crippen LogP contribution >= 0.6 is 11.6 Å². The van der Waals surface area contributed by atoms with Crippen molar-refractivity contribution in [1.29, 1.82) is 0 Å². The predicted octanol–water partition coefficient (Wildman–Crippen LogP) is 4.30. The molecule has 0 aromatic carbocycles. The van der Waals surface area contributed by atoms with E-state index in [0.29, 0.717) is 29.0 Å². The van der Waals surface area contributed by atoms with Crippen LogP contribution in [-0.2, 0) is 4.79 Å². The topological polar surface area (TPSA) is 77.0 Å². The summed E-state index contributed by atoms with van der Waals surface area (Å²) in [6, 6.07) is 3.42. The Morgan fingerprint density at radius 1 is 1.28 bits per heavy atom. The molecule has 0 spiro atoms. The van der Waals surface area contributed by atoms with Crippen molar-refractivity contribution in [3.8, 4) is 5.75 Å². The van der Waals surface area contributed by atoms with E-state index < -0.39 is 0 Å². The largest absolute Gasteiger partial charge is 0.489 e. The summed E-state index contributed by atoms with van der Waals surface area (Å²) in [7, 11) is 0. The molecule has 2 aliphatic rings. The SMILES string of the molecule is Cc1ncc(OC[C@@]2(C3C=CC=CC3)C[C@H]2C(=O)Nc2ccc(Cl)cn2)c(C)n1. The minimum absolute atomic E-state index is 0.0387. The number of anilines is 1. The van der Waals surface area contributed by atoms with Gasteiger partial charge >= 0.3 is 0 Å². The number of ether oxygens (including phenoxy) is 1. The van der Waals surface area contributed by atoms with E-state index in [1.165, 1.54) is 6.20 Å². The Kier molecular flexibility index (Phi) is 5.37. The number of amides is 1. The van der Waals surface area contributed by atoms with E-state index in [-0.39, 0.29) is 23.2 Å². The molecule has 0 bridgehead atoms. The molecule has 2 aliphatic carbocycles. The van der Waals surface area contributed by atoms with Gasteiger partial charge < -0.3 is 10.1 Å². The van der Waals surface area contributed by atoms with Crippen molar-refractivity contribution >= 4 is 23.3 Å². The second-order valence-electron chi connectivity index (χ2n) is 7.65. The van der Waals surface area contributed by atoms with Gasteiger partial charge in [-0.3, -0.25) is 4.79 Å². The lowest BCUT2D eigenvalue weighted by Gasteiger charge is -2.26. The van der Waals surface area contributed by atoms with E-state index in [9.17, 15) is 4.79 Å². The molecular formula is C22H23ClN4O2. The average molecular weight is 411 g/mol. The Labute approximate surface area is 175 Å². The van der Waals surface area contributed by atoms with Crippen LogP contribution in [-0.4, -0.2) is 27.5 Å². The number of hydrogen-bond donors (Lipinski definition) is 1. The van der Waals surface area contributed by atoms with E-state index in [2.05, 4.69) is 32.4 Å². The van der Waals surface area contributed by atoms with Gasteiger partial charge in [0.25, 0.3) is 0 Å². The number of nitrogens with zero attached hydrogens (tertiary/aromatic N) is 3. The highest BCUT2D eigenvalue weighted by Gasteiger charge is 2.62. The van der Waals surface area contributed by atoms with E-state index in [0.717, 1.165) is 18.5 Å². The molecule has 29 heavy (non-hydrogen) atoms. The van der Waals surface area contributed by atoms with Crippen molar-refractivity contribution in [2.75, 3.05) is 11.9 Å². The van der Waals surface area contributed by atoms with E-state index >= 15 is 0 Å². The zero-order chi connectivity index (χ0) is 20.4. The van der Waals surface area contributed by atoms with E-state index in [1.807, 2.05) is 26.0 Å². The lowest BCUT2D eigenvalue weighted by Crippen LogP contribution is -2.29. The lowest BCUT2D eigenvalue weighted by atomic mass is 9.82. The lowest BCUT2D eigenvalue weighted by molar-refractivity contribution is -0.118. The molecule has 0 aliphatic heterocycles. The molecule has 2 heterocycles. The minimum atomic E-state index is -0.255. The van der Waals surface area contributed by atoms with Gasteiger partial charge in [0.2, 0.25) is 5.91 Å². The molecule has 1 unspecified atom stereocenters. The third-order valence-corrected chi connectivity index (χ3v) is 5.91. The highest BCUT2D eigenvalue weighted by molar-refractivity contribution is 6.30. The van der Waals surface area contributed by atoms with Crippen LogP contribution in [0, 0.1) is 31.1 Å². The summed E-state index contributed by atoms with van der Waals surface area (Å²) >= 11 is 5.88. The second kappa shape index (κ2) is 7.95. The normalized spacial score (nSPS) is 24.9. The smallest absolute Gasteiger partial charge is 0.229 e. The summed E-state index contributed by atoms with van der Waals surface area (Å²) < 4.78 is 6.12. The van der Waals surface area contributed by atoms with Crippen LogP contribution in [0.5, 0.6) is 5.75 Å². The Hall–Kier alpha value is -2.73. The zero-order valence-corrected chi connectivity index (χ0v) is 17.2. The van der Waals surface area contributed by atoms with E-state index in [1.54, 1.807) is 18.3 Å². The van der Waals surface area contributed by atoms with Gasteiger partial charge in [0.1, 0.15) is 11.6 Å². The van der Waals surface area contributed by atoms with Gasteiger partial charge in [0.15, 0.2) is 5.75 Å². The van der Waals surface area contributed by atoms with Crippen LogP contribution in [0.15, 0.2) is 48.8 Å². The van der Waals surface area contributed by atoms with E-state index in [4.69, 9.17) is 16.3 Å². The molecule has 0 saturated heterocycles. The molecule has 1 amide bonds. The van der Waals surface area contributed by atoms with Crippen LogP contribution in [0.2, 0.25) is 5.02 Å². The Morgan fingerprint density at radius 2 is 2.14 bits per heavy atom. The molecule has 3 atom stereocenters. The number of carbonyl (C=O) groups is 1. The van der Waals surface area contributed by atoms with Crippen molar-refractivity contribution in [1.82, 2.24) is 15.0 Å². The molecule has 1 fully saturated rings. The van der Waals surface area contributed by atoms with Gasteiger partial charge in [-0.15, -0.1) is 0 Å². The highest BCUT2D eigenvalue weighted by atomic mass is 35.5. The number of allylic oxidation sites excluding steroid dienone is 4. The van der Waals surface area contributed by atoms with Gasteiger partial charge in [0.05, 0.1) is 23.5 Å². The number of pyridine rings is 1. The van der Waals surface area contributed by atoms with Gasteiger partial charge in [0, 0.05) is 17.5 Å². The van der Waals surface area contributed by atoms with Gasteiger partial charge in [-0.1, -0.05) is 35.9 Å². The molecule has 0 radical (unpaired) electrons. The number of nitrogens with one attached hydrogen (secondary N) is 1. The van der Waals surface area contributed by atoms with Crippen LogP contribution in [0.25, 0.3) is 0 Å². The molecule has 1 N–H and O–H groups in total. The summed E-state index contributed by atoms with van der Waals surface area (Å²) in [6.45, 7) is 4.20.